The van der Waals surface area contributed by atoms with Crippen LogP contribution >= 0.6 is 0 Å². The minimum absolute atomic E-state index is 0.188. The summed E-state index contributed by atoms with van der Waals surface area (Å²) in [6, 6.07) is 8.53. The molecule has 2 rings (SSSR count). The molecule has 1 aliphatic heterocycles. The molecule has 134 valence electrons. The molecule has 1 saturated heterocycles. The van der Waals surface area contributed by atoms with E-state index in [0.29, 0.717) is 24.8 Å². The molecule has 0 spiro atoms. The highest BCUT2D eigenvalue weighted by atomic mass is 16.1. The van der Waals surface area contributed by atoms with E-state index in [4.69, 9.17) is 0 Å². The fourth-order valence-electron chi connectivity index (χ4n) is 3.52. The third-order valence-corrected chi connectivity index (χ3v) is 5.10. The second-order valence-corrected chi connectivity index (χ2v) is 7.06. The van der Waals surface area contributed by atoms with Gasteiger partial charge in [0.1, 0.15) is 0 Å². The van der Waals surface area contributed by atoms with Gasteiger partial charge in [-0.1, -0.05) is 19.1 Å². The number of hydrogen-bond acceptors (Lipinski definition) is 3. The van der Waals surface area contributed by atoms with Gasteiger partial charge in [-0.15, -0.1) is 0 Å². The summed E-state index contributed by atoms with van der Waals surface area (Å²) in [5.41, 5.74) is 2.50. The van der Waals surface area contributed by atoms with E-state index in [1.807, 2.05) is 0 Å². The van der Waals surface area contributed by atoms with Gasteiger partial charge in [-0.3, -0.25) is 4.79 Å². The molecule has 2 atom stereocenters. The van der Waals surface area contributed by atoms with E-state index in [1.54, 1.807) is 0 Å². The van der Waals surface area contributed by atoms with E-state index in [-0.39, 0.29) is 5.91 Å². The Bertz CT molecular complexity index is 511. The molecule has 1 fully saturated rings. The Labute approximate surface area is 147 Å². The molecule has 24 heavy (non-hydrogen) atoms. The minimum Gasteiger partial charge on any atom is -0.370 e. The van der Waals surface area contributed by atoms with Crippen molar-refractivity contribution in [3.05, 3.63) is 29.8 Å². The molecule has 4 heteroatoms. The summed E-state index contributed by atoms with van der Waals surface area (Å²) in [4.78, 5) is 14.5. The van der Waals surface area contributed by atoms with Crippen molar-refractivity contribution < 1.29 is 4.79 Å². The van der Waals surface area contributed by atoms with Gasteiger partial charge in [-0.2, -0.15) is 0 Å². The van der Waals surface area contributed by atoms with Crippen LogP contribution in [-0.2, 0) is 4.79 Å². The number of benzene rings is 1. The van der Waals surface area contributed by atoms with E-state index >= 15 is 0 Å². The van der Waals surface area contributed by atoms with Crippen LogP contribution < -0.4 is 15.5 Å². The first-order valence-corrected chi connectivity index (χ1v) is 9.39. The van der Waals surface area contributed by atoms with Crippen LogP contribution in [0.1, 0.15) is 38.7 Å². The largest absolute Gasteiger partial charge is 0.370 e. The second kappa shape index (κ2) is 9.67. The van der Waals surface area contributed by atoms with Crippen molar-refractivity contribution in [2.24, 2.45) is 11.8 Å². The molecule has 2 N–H and O–H groups in total. The molecule has 0 saturated carbocycles. The van der Waals surface area contributed by atoms with Crippen molar-refractivity contribution in [3.8, 4) is 0 Å². The summed E-state index contributed by atoms with van der Waals surface area (Å²) in [6.07, 6.45) is 3.12. The zero-order valence-electron chi connectivity index (χ0n) is 15.5. The lowest BCUT2D eigenvalue weighted by molar-refractivity contribution is -0.122. The van der Waals surface area contributed by atoms with Gasteiger partial charge >= 0.3 is 0 Å². The number of likely N-dealkylation sites (N-methyl/N-ethyl adjacent to an activating group) is 1. The smallest absolute Gasteiger partial charge is 0.220 e. The molecule has 0 bridgehead atoms. The fourth-order valence-corrected chi connectivity index (χ4v) is 3.52. The summed E-state index contributed by atoms with van der Waals surface area (Å²) in [5, 5.41) is 6.54. The quantitative estimate of drug-likeness (QED) is 0.770. The molecule has 0 aliphatic carbocycles. The third-order valence-electron chi connectivity index (χ3n) is 5.10. The number of piperidine rings is 1. The molecule has 1 aromatic rings. The van der Waals surface area contributed by atoms with Gasteiger partial charge in [0.2, 0.25) is 5.91 Å². The Balaban J connectivity index is 1.72. The topological polar surface area (TPSA) is 44.4 Å². The van der Waals surface area contributed by atoms with E-state index in [1.165, 1.54) is 24.1 Å². The SMILES string of the molecule is CCN(CCNC(=O)CC(C)C1CCCNC1)c1cccc(C)c1. The lowest BCUT2D eigenvalue weighted by Gasteiger charge is -2.28. The van der Waals surface area contributed by atoms with Crippen molar-refractivity contribution in [2.75, 3.05) is 37.6 Å². The van der Waals surface area contributed by atoms with Crippen molar-refractivity contribution in [2.45, 2.75) is 40.0 Å². The van der Waals surface area contributed by atoms with Crippen LogP contribution in [-0.4, -0.2) is 38.6 Å². The van der Waals surface area contributed by atoms with Crippen LogP contribution in [0.5, 0.6) is 0 Å². The molecule has 1 aromatic carbocycles. The average Bonchev–Trinajstić information content (AvgIpc) is 2.59. The number of nitrogens with zero attached hydrogens (tertiary/aromatic N) is 1. The van der Waals surface area contributed by atoms with Gasteiger partial charge in [0.25, 0.3) is 0 Å². The molecule has 1 heterocycles. The van der Waals surface area contributed by atoms with E-state index < -0.39 is 0 Å². The number of carbonyl (C=O) groups excluding carboxylic acids is 1. The number of nitrogens with one attached hydrogen (secondary N) is 2. The van der Waals surface area contributed by atoms with Crippen LogP contribution in [0.4, 0.5) is 5.69 Å². The molecule has 0 aromatic heterocycles. The highest BCUT2D eigenvalue weighted by Crippen LogP contribution is 2.22. The van der Waals surface area contributed by atoms with Gasteiger partial charge in [-0.25, -0.2) is 0 Å². The number of carbonyl (C=O) groups is 1. The normalized spacial score (nSPS) is 18.9. The Morgan fingerprint density at radius 3 is 2.96 bits per heavy atom. The number of anilines is 1. The van der Waals surface area contributed by atoms with Crippen LogP contribution in [0.3, 0.4) is 0 Å². The summed E-state index contributed by atoms with van der Waals surface area (Å²) >= 11 is 0. The maximum atomic E-state index is 12.2. The summed E-state index contributed by atoms with van der Waals surface area (Å²) in [6.45, 7) is 11.2. The Morgan fingerprint density at radius 1 is 1.46 bits per heavy atom. The number of hydrogen-bond donors (Lipinski definition) is 2. The third kappa shape index (κ3) is 5.82. The van der Waals surface area contributed by atoms with E-state index in [0.717, 1.165) is 26.2 Å². The maximum absolute atomic E-state index is 12.2. The van der Waals surface area contributed by atoms with Crippen LogP contribution in [0.25, 0.3) is 0 Å². The van der Waals surface area contributed by atoms with Crippen molar-refractivity contribution in [1.29, 1.82) is 0 Å². The first kappa shape index (κ1) is 18.8. The summed E-state index contributed by atoms with van der Waals surface area (Å²) in [5.74, 6) is 1.29. The molecular weight excluding hydrogens is 298 g/mol. The molecule has 1 amide bonds. The van der Waals surface area contributed by atoms with Crippen LogP contribution in [0.15, 0.2) is 24.3 Å². The predicted octanol–water partition coefficient (Wildman–Crippen LogP) is 2.96. The number of rotatable bonds is 8. The molecule has 2 unspecified atom stereocenters. The lowest BCUT2D eigenvalue weighted by Crippen LogP contribution is -2.38. The molecule has 4 nitrogen and oxygen atoms in total. The van der Waals surface area contributed by atoms with Crippen molar-refractivity contribution in [3.63, 3.8) is 0 Å². The maximum Gasteiger partial charge on any atom is 0.220 e. The van der Waals surface area contributed by atoms with Gasteiger partial charge in [0.05, 0.1) is 0 Å². The predicted molar refractivity (Wildman–Crippen MR) is 101 cm³/mol. The van der Waals surface area contributed by atoms with Gasteiger partial charge < -0.3 is 15.5 Å². The minimum atomic E-state index is 0.188. The Morgan fingerprint density at radius 2 is 2.29 bits per heavy atom. The highest BCUT2D eigenvalue weighted by molar-refractivity contribution is 5.76. The van der Waals surface area contributed by atoms with Crippen LogP contribution in [0.2, 0.25) is 0 Å². The fraction of sp³-hybridized carbons (Fsp3) is 0.650. The first-order chi connectivity index (χ1) is 11.6. The van der Waals surface area contributed by atoms with Gasteiger partial charge in [-0.05, 0) is 69.3 Å². The average molecular weight is 332 g/mol. The van der Waals surface area contributed by atoms with Crippen molar-refractivity contribution >= 4 is 11.6 Å². The monoisotopic (exact) mass is 331 g/mol. The molecule has 0 radical (unpaired) electrons. The lowest BCUT2D eigenvalue weighted by atomic mass is 9.85. The van der Waals surface area contributed by atoms with E-state index in [9.17, 15) is 4.79 Å². The number of aryl methyl sites for hydroxylation is 1. The van der Waals surface area contributed by atoms with Crippen molar-refractivity contribution in [1.82, 2.24) is 10.6 Å². The second-order valence-electron chi connectivity index (χ2n) is 7.06. The standard InChI is InChI=1S/C20H33N3O/c1-4-23(19-9-5-7-16(2)13-19)12-11-22-20(24)14-17(3)18-8-6-10-21-15-18/h5,7,9,13,17-18,21H,4,6,8,10-12,14-15H2,1-3H3,(H,22,24). The van der Waals surface area contributed by atoms with Gasteiger partial charge in [0.15, 0.2) is 0 Å². The molecule has 1 aliphatic rings. The Hall–Kier alpha value is -1.55. The Kier molecular flexibility index (Phi) is 7.57. The van der Waals surface area contributed by atoms with E-state index in [2.05, 4.69) is 60.6 Å². The summed E-state index contributed by atoms with van der Waals surface area (Å²) < 4.78 is 0. The summed E-state index contributed by atoms with van der Waals surface area (Å²) in [7, 11) is 0. The number of amides is 1. The first-order valence-electron chi connectivity index (χ1n) is 9.39. The van der Waals surface area contributed by atoms with Crippen LogP contribution in [0, 0.1) is 18.8 Å². The highest BCUT2D eigenvalue weighted by Gasteiger charge is 2.21. The van der Waals surface area contributed by atoms with Gasteiger partial charge in [0, 0.05) is 31.7 Å². The zero-order chi connectivity index (χ0) is 17.4. The molecular formula is C20H33N3O. The zero-order valence-corrected chi connectivity index (χ0v) is 15.5.